The van der Waals surface area contributed by atoms with E-state index in [1.165, 1.54) is 0 Å². The molecule has 4 nitrogen and oxygen atoms in total. The van der Waals surface area contributed by atoms with Crippen LogP contribution in [0.4, 0.5) is 0 Å². The quantitative estimate of drug-likeness (QED) is 0.821. The van der Waals surface area contributed by atoms with Crippen molar-refractivity contribution in [1.82, 2.24) is 5.32 Å². The highest BCUT2D eigenvalue weighted by atomic mass is 16.5. The fourth-order valence-electron chi connectivity index (χ4n) is 2.17. The van der Waals surface area contributed by atoms with Gasteiger partial charge in [0.25, 0.3) is 0 Å². The molecule has 0 spiro atoms. The molecule has 21 heavy (non-hydrogen) atoms. The second kappa shape index (κ2) is 7.45. The van der Waals surface area contributed by atoms with Crippen LogP contribution < -0.4 is 15.8 Å². The Kier molecular flexibility index (Phi) is 5.35. The van der Waals surface area contributed by atoms with Gasteiger partial charge in [-0.25, -0.2) is 0 Å². The van der Waals surface area contributed by atoms with Crippen molar-refractivity contribution in [1.29, 1.82) is 0 Å². The molecule has 0 aliphatic heterocycles. The molecule has 110 valence electrons. The molecule has 0 aromatic heterocycles. The molecule has 0 atom stereocenters. The zero-order valence-corrected chi connectivity index (χ0v) is 12.1. The predicted molar refractivity (Wildman–Crippen MR) is 83.1 cm³/mol. The second-order valence-electron chi connectivity index (χ2n) is 4.71. The highest BCUT2D eigenvalue weighted by Crippen LogP contribution is 2.13. The number of rotatable bonds is 7. The van der Waals surface area contributed by atoms with Crippen molar-refractivity contribution in [3.63, 3.8) is 0 Å². The molecule has 0 aliphatic carbocycles. The SMILES string of the molecule is CCOc1cccc(CNCc2ccccc2C(N)=O)c1. The van der Waals surface area contributed by atoms with Gasteiger partial charge in [0.05, 0.1) is 6.61 Å². The van der Waals surface area contributed by atoms with Crippen molar-refractivity contribution >= 4 is 5.91 Å². The number of amides is 1. The van der Waals surface area contributed by atoms with E-state index in [0.29, 0.717) is 25.3 Å². The maximum absolute atomic E-state index is 11.3. The van der Waals surface area contributed by atoms with Gasteiger partial charge in [-0.2, -0.15) is 0 Å². The maximum atomic E-state index is 11.3. The number of primary amides is 1. The molecule has 0 heterocycles. The van der Waals surface area contributed by atoms with Crippen molar-refractivity contribution in [3.8, 4) is 5.75 Å². The first-order valence-corrected chi connectivity index (χ1v) is 7.01. The molecule has 3 N–H and O–H groups in total. The summed E-state index contributed by atoms with van der Waals surface area (Å²) in [7, 11) is 0. The molecule has 0 saturated carbocycles. The molecular formula is C17H20N2O2. The van der Waals surface area contributed by atoms with Crippen LogP contribution in [0.5, 0.6) is 5.75 Å². The summed E-state index contributed by atoms with van der Waals surface area (Å²) in [4.78, 5) is 11.3. The van der Waals surface area contributed by atoms with Crippen LogP contribution in [0.3, 0.4) is 0 Å². The minimum Gasteiger partial charge on any atom is -0.494 e. The molecular weight excluding hydrogens is 264 g/mol. The van der Waals surface area contributed by atoms with Gasteiger partial charge in [-0.05, 0) is 36.2 Å². The van der Waals surface area contributed by atoms with E-state index in [1.54, 1.807) is 6.07 Å². The number of hydrogen-bond acceptors (Lipinski definition) is 3. The normalized spacial score (nSPS) is 10.3. The summed E-state index contributed by atoms with van der Waals surface area (Å²) in [5.41, 5.74) is 7.98. The van der Waals surface area contributed by atoms with Gasteiger partial charge in [0.15, 0.2) is 0 Å². The Labute approximate surface area is 124 Å². The maximum Gasteiger partial charge on any atom is 0.249 e. The van der Waals surface area contributed by atoms with Crippen molar-refractivity contribution in [3.05, 3.63) is 65.2 Å². The molecule has 0 aliphatic rings. The third kappa shape index (κ3) is 4.33. The summed E-state index contributed by atoms with van der Waals surface area (Å²) in [5.74, 6) is 0.472. The molecule has 2 rings (SSSR count). The lowest BCUT2D eigenvalue weighted by Gasteiger charge is -2.09. The average Bonchev–Trinajstić information content (AvgIpc) is 2.48. The molecule has 2 aromatic rings. The van der Waals surface area contributed by atoms with Crippen LogP contribution in [0.15, 0.2) is 48.5 Å². The van der Waals surface area contributed by atoms with Crippen LogP contribution in [0.2, 0.25) is 0 Å². The highest BCUT2D eigenvalue weighted by molar-refractivity contribution is 5.94. The number of nitrogens with two attached hydrogens (primary N) is 1. The van der Waals surface area contributed by atoms with Crippen LogP contribution in [0.25, 0.3) is 0 Å². The molecule has 0 bridgehead atoms. The molecule has 4 heteroatoms. The number of ether oxygens (including phenoxy) is 1. The Balaban J connectivity index is 1.95. The van der Waals surface area contributed by atoms with Crippen molar-refractivity contribution in [2.45, 2.75) is 20.0 Å². The summed E-state index contributed by atoms with van der Waals surface area (Å²) in [6.07, 6.45) is 0. The fraction of sp³-hybridized carbons (Fsp3) is 0.235. The molecule has 0 unspecified atom stereocenters. The van der Waals surface area contributed by atoms with Crippen LogP contribution in [-0.2, 0) is 13.1 Å². The van der Waals surface area contributed by atoms with Gasteiger partial charge in [0.2, 0.25) is 5.91 Å². The van der Waals surface area contributed by atoms with Gasteiger partial charge in [-0.15, -0.1) is 0 Å². The number of nitrogens with one attached hydrogen (secondary N) is 1. The summed E-state index contributed by atoms with van der Waals surface area (Å²) < 4.78 is 5.47. The summed E-state index contributed by atoms with van der Waals surface area (Å²) in [6, 6.07) is 15.3. The lowest BCUT2D eigenvalue weighted by atomic mass is 10.1. The first-order chi connectivity index (χ1) is 10.2. The van der Waals surface area contributed by atoms with E-state index in [2.05, 4.69) is 5.32 Å². The van der Waals surface area contributed by atoms with E-state index < -0.39 is 5.91 Å². The minimum absolute atomic E-state index is 0.397. The van der Waals surface area contributed by atoms with E-state index in [1.807, 2.05) is 49.4 Å². The number of benzene rings is 2. The Morgan fingerprint density at radius 3 is 2.71 bits per heavy atom. The number of carbonyl (C=O) groups excluding carboxylic acids is 1. The van der Waals surface area contributed by atoms with Crippen molar-refractivity contribution in [2.24, 2.45) is 5.73 Å². The van der Waals surface area contributed by atoms with Gasteiger partial charge in [-0.3, -0.25) is 4.79 Å². The largest absolute Gasteiger partial charge is 0.494 e. The third-order valence-electron chi connectivity index (χ3n) is 3.14. The Hall–Kier alpha value is -2.33. The fourth-order valence-corrected chi connectivity index (χ4v) is 2.17. The van der Waals surface area contributed by atoms with Crippen molar-refractivity contribution in [2.75, 3.05) is 6.61 Å². The van der Waals surface area contributed by atoms with Gasteiger partial charge < -0.3 is 15.8 Å². The van der Waals surface area contributed by atoms with Crippen LogP contribution in [-0.4, -0.2) is 12.5 Å². The second-order valence-corrected chi connectivity index (χ2v) is 4.71. The Bertz CT molecular complexity index is 611. The van der Waals surface area contributed by atoms with E-state index in [4.69, 9.17) is 10.5 Å². The monoisotopic (exact) mass is 284 g/mol. The zero-order chi connectivity index (χ0) is 15.1. The smallest absolute Gasteiger partial charge is 0.249 e. The van der Waals surface area contributed by atoms with E-state index >= 15 is 0 Å². The lowest BCUT2D eigenvalue weighted by Crippen LogP contribution is -2.18. The predicted octanol–water partition coefficient (Wildman–Crippen LogP) is 2.47. The molecule has 1 amide bonds. The summed E-state index contributed by atoms with van der Waals surface area (Å²) >= 11 is 0. The van der Waals surface area contributed by atoms with Crippen LogP contribution in [0.1, 0.15) is 28.4 Å². The molecule has 0 radical (unpaired) electrons. The molecule has 0 saturated heterocycles. The van der Waals surface area contributed by atoms with E-state index in [-0.39, 0.29) is 0 Å². The average molecular weight is 284 g/mol. The van der Waals surface area contributed by atoms with Gasteiger partial charge in [0.1, 0.15) is 5.75 Å². The van der Waals surface area contributed by atoms with Crippen LogP contribution >= 0.6 is 0 Å². The van der Waals surface area contributed by atoms with Crippen molar-refractivity contribution < 1.29 is 9.53 Å². The van der Waals surface area contributed by atoms with E-state index in [9.17, 15) is 4.79 Å². The lowest BCUT2D eigenvalue weighted by molar-refractivity contribution is 0.0999. The third-order valence-corrected chi connectivity index (χ3v) is 3.14. The number of hydrogen-bond donors (Lipinski definition) is 2. The van der Waals surface area contributed by atoms with Crippen LogP contribution in [0, 0.1) is 0 Å². The van der Waals surface area contributed by atoms with Gasteiger partial charge >= 0.3 is 0 Å². The summed E-state index contributed by atoms with van der Waals surface area (Å²) in [6.45, 7) is 3.92. The first kappa shape index (κ1) is 15.1. The molecule has 0 fully saturated rings. The topological polar surface area (TPSA) is 64.3 Å². The van der Waals surface area contributed by atoms with Gasteiger partial charge in [-0.1, -0.05) is 30.3 Å². The standard InChI is InChI=1S/C17H20N2O2/c1-2-21-15-8-5-6-13(10-15)11-19-12-14-7-3-4-9-16(14)17(18)20/h3-10,19H,2,11-12H2,1H3,(H2,18,20). The van der Waals surface area contributed by atoms with E-state index in [0.717, 1.165) is 16.9 Å². The zero-order valence-electron chi connectivity index (χ0n) is 12.1. The number of carbonyl (C=O) groups is 1. The Morgan fingerprint density at radius 2 is 1.95 bits per heavy atom. The highest BCUT2D eigenvalue weighted by Gasteiger charge is 2.06. The Morgan fingerprint density at radius 1 is 1.14 bits per heavy atom. The first-order valence-electron chi connectivity index (χ1n) is 7.01. The van der Waals surface area contributed by atoms with Gasteiger partial charge in [0, 0.05) is 18.7 Å². The molecule has 2 aromatic carbocycles. The minimum atomic E-state index is -0.397. The summed E-state index contributed by atoms with van der Waals surface area (Å²) in [5, 5.41) is 3.32.